The van der Waals surface area contributed by atoms with Gasteiger partial charge in [0.1, 0.15) is 5.75 Å². The maximum absolute atomic E-state index is 12.9. The van der Waals surface area contributed by atoms with E-state index in [-0.39, 0.29) is 17.9 Å². The summed E-state index contributed by atoms with van der Waals surface area (Å²) in [6.45, 7) is 4.31. The van der Waals surface area contributed by atoms with Crippen LogP contribution in [-0.2, 0) is 13.1 Å². The number of ketones is 1. The number of Topliss-reactive ketones (excluding diaryl/α,β-unsaturated/α-hetero) is 1. The number of nitrogens with zero attached hydrogens (tertiary/aromatic N) is 2. The molecule has 3 aromatic rings. The maximum atomic E-state index is 12.9. The minimum atomic E-state index is -0.490. The zero-order valence-corrected chi connectivity index (χ0v) is 16.5. The summed E-state index contributed by atoms with van der Waals surface area (Å²) in [5.74, 6) is 0.221. The molecule has 0 fully saturated rings. The normalized spacial score (nSPS) is 11.0. The summed E-state index contributed by atoms with van der Waals surface area (Å²) < 4.78 is 7.91. The second-order valence-corrected chi connectivity index (χ2v) is 6.75. The summed E-state index contributed by atoms with van der Waals surface area (Å²) in [5.41, 5.74) is -0.0147. The molecule has 0 saturated heterocycles. The lowest BCUT2D eigenvalue weighted by Crippen LogP contribution is -2.41. The van der Waals surface area contributed by atoms with Crippen LogP contribution < -0.4 is 16.0 Å². The van der Waals surface area contributed by atoms with Crippen molar-refractivity contribution in [1.29, 1.82) is 0 Å². The summed E-state index contributed by atoms with van der Waals surface area (Å²) in [6, 6.07) is 11.6. The van der Waals surface area contributed by atoms with Gasteiger partial charge in [0.2, 0.25) is 0 Å². The average Bonchev–Trinajstić information content (AvgIpc) is 2.70. The number of carbonyl (C=O) groups is 1. The van der Waals surface area contributed by atoms with Crippen molar-refractivity contribution in [2.24, 2.45) is 0 Å². The highest BCUT2D eigenvalue weighted by molar-refractivity contribution is 6.32. The average molecular weight is 401 g/mol. The van der Waals surface area contributed by atoms with Crippen LogP contribution in [0.1, 0.15) is 30.6 Å². The van der Waals surface area contributed by atoms with Crippen molar-refractivity contribution in [3.63, 3.8) is 0 Å². The smallest absolute Gasteiger partial charge is 0.331 e. The standard InChI is InChI=1S/C21H21ClN2O4/c1-3-11-23-20(26)15-7-5-6-8-17(15)24(21(23)27)13-18(25)14-9-10-19(28-4-2)16(22)12-14/h5-10,12H,3-4,11,13H2,1-2H3. The Balaban J connectivity index is 2.07. The minimum Gasteiger partial charge on any atom is -0.492 e. The number of fused-ring (bicyclic) bond motifs is 1. The number of hydrogen-bond donors (Lipinski definition) is 0. The molecular formula is C21H21ClN2O4. The fourth-order valence-electron chi connectivity index (χ4n) is 3.13. The van der Waals surface area contributed by atoms with Crippen molar-refractivity contribution in [3.8, 4) is 5.75 Å². The molecule has 0 unspecified atom stereocenters. The quantitative estimate of drug-likeness (QED) is 0.569. The Morgan fingerprint density at radius 1 is 1.07 bits per heavy atom. The van der Waals surface area contributed by atoms with E-state index in [1.807, 2.05) is 13.8 Å². The topological polar surface area (TPSA) is 70.3 Å². The van der Waals surface area contributed by atoms with Crippen molar-refractivity contribution in [2.75, 3.05) is 6.61 Å². The van der Waals surface area contributed by atoms with E-state index in [4.69, 9.17) is 16.3 Å². The lowest BCUT2D eigenvalue weighted by atomic mass is 10.1. The molecule has 0 saturated carbocycles. The van der Waals surface area contributed by atoms with Crippen LogP contribution in [0.3, 0.4) is 0 Å². The number of carbonyl (C=O) groups excluding carboxylic acids is 1. The van der Waals surface area contributed by atoms with Crippen molar-refractivity contribution in [3.05, 3.63) is 73.9 Å². The van der Waals surface area contributed by atoms with E-state index in [9.17, 15) is 14.4 Å². The molecule has 2 aromatic carbocycles. The van der Waals surface area contributed by atoms with Crippen LogP contribution in [0.15, 0.2) is 52.1 Å². The Morgan fingerprint density at radius 3 is 2.50 bits per heavy atom. The van der Waals surface area contributed by atoms with Gasteiger partial charge < -0.3 is 4.74 Å². The SMILES string of the molecule is CCCn1c(=O)c2ccccc2n(CC(=O)c2ccc(OCC)c(Cl)c2)c1=O. The predicted molar refractivity (Wildman–Crippen MR) is 110 cm³/mol. The van der Waals surface area contributed by atoms with Crippen LogP contribution in [-0.4, -0.2) is 21.5 Å². The number of aromatic nitrogens is 2. The van der Waals surface area contributed by atoms with Gasteiger partial charge in [-0.05, 0) is 43.7 Å². The van der Waals surface area contributed by atoms with E-state index in [1.54, 1.807) is 36.4 Å². The molecule has 0 aliphatic heterocycles. The zero-order valence-electron chi connectivity index (χ0n) is 15.8. The van der Waals surface area contributed by atoms with Gasteiger partial charge in [0.15, 0.2) is 5.78 Å². The maximum Gasteiger partial charge on any atom is 0.331 e. The summed E-state index contributed by atoms with van der Waals surface area (Å²) in [4.78, 5) is 38.4. The van der Waals surface area contributed by atoms with E-state index in [2.05, 4.69) is 0 Å². The molecule has 28 heavy (non-hydrogen) atoms. The molecule has 146 valence electrons. The second-order valence-electron chi connectivity index (χ2n) is 6.34. The van der Waals surface area contributed by atoms with Gasteiger partial charge in [0.05, 0.1) is 29.1 Å². The molecule has 0 aliphatic rings. The van der Waals surface area contributed by atoms with Gasteiger partial charge in [0.25, 0.3) is 5.56 Å². The Morgan fingerprint density at radius 2 is 1.82 bits per heavy atom. The van der Waals surface area contributed by atoms with E-state index in [1.165, 1.54) is 15.2 Å². The van der Waals surface area contributed by atoms with E-state index < -0.39 is 5.69 Å². The van der Waals surface area contributed by atoms with Crippen molar-refractivity contribution < 1.29 is 9.53 Å². The van der Waals surface area contributed by atoms with E-state index in [0.717, 1.165) is 0 Å². The van der Waals surface area contributed by atoms with Crippen molar-refractivity contribution in [2.45, 2.75) is 33.4 Å². The monoisotopic (exact) mass is 400 g/mol. The number of halogens is 1. The van der Waals surface area contributed by atoms with Gasteiger partial charge in [-0.3, -0.25) is 18.7 Å². The van der Waals surface area contributed by atoms with Crippen molar-refractivity contribution >= 4 is 28.3 Å². The van der Waals surface area contributed by atoms with Crippen LogP contribution >= 0.6 is 11.6 Å². The second kappa shape index (κ2) is 8.44. The van der Waals surface area contributed by atoms with Crippen LogP contribution in [0.4, 0.5) is 0 Å². The highest BCUT2D eigenvalue weighted by Crippen LogP contribution is 2.25. The first kappa shape index (κ1) is 19.9. The van der Waals surface area contributed by atoms with Crippen LogP contribution in [0.25, 0.3) is 10.9 Å². The minimum absolute atomic E-state index is 0.187. The van der Waals surface area contributed by atoms with Gasteiger partial charge in [0, 0.05) is 12.1 Å². The Bertz CT molecular complexity index is 1150. The first-order valence-electron chi connectivity index (χ1n) is 9.15. The highest BCUT2D eigenvalue weighted by Gasteiger charge is 2.16. The predicted octanol–water partition coefficient (Wildman–Crippen LogP) is 3.51. The Labute approximate surface area is 166 Å². The van der Waals surface area contributed by atoms with Gasteiger partial charge in [-0.15, -0.1) is 0 Å². The fraction of sp³-hybridized carbons (Fsp3) is 0.286. The van der Waals surface area contributed by atoms with Crippen molar-refractivity contribution in [1.82, 2.24) is 9.13 Å². The molecular weight excluding hydrogens is 380 g/mol. The Hall–Kier alpha value is -2.86. The molecule has 7 heteroatoms. The molecule has 0 N–H and O–H groups in total. The third kappa shape index (κ3) is 3.73. The molecule has 0 amide bonds. The van der Waals surface area contributed by atoms with Gasteiger partial charge in [-0.2, -0.15) is 0 Å². The lowest BCUT2D eigenvalue weighted by Gasteiger charge is -2.13. The molecule has 1 aromatic heterocycles. The molecule has 0 radical (unpaired) electrons. The number of benzene rings is 2. The molecule has 0 spiro atoms. The molecule has 6 nitrogen and oxygen atoms in total. The highest BCUT2D eigenvalue weighted by atomic mass is 35.5. The summed E-state index contributed by atoms with van der Waals surface area (Å²) in [6.07, 6.45) is 0.635. The number of hydrogen-bond acceptors (Lipinski definition) is 4. The molecule has 0 aliphatic carbocycles. The number of ether oxygens (including phenoxy) is 1. The van der Waals surface area contributed by atoms with Crippen LogP contribution in [0.5, 0.6) is 5.75 Å². The largest absolute Gasteiger partial charge is 0.492 e. The lowest BCUT2D eigenvalue weighted by molar-refractivity contribution is 0.0971. The molecule has 3 rings (SSSR count). The van der Waals surface area contributed by atoms with E-state index >= 15 is 0 Å². The third-order valence-corrected chi connectivity index (χ3v) is 4.73. The number of para-hydroxylation sites is 1. The van der Waals surface area contributed by atoms with Crippen LogP contribution in [0.2, 0.25) is 5.02 Å². The van der Waals surface area contributed by atoms with Gasteiger partial charge in [-0.1, -0.05) is 30.7 Å². The first-order valence-corrected chi connectivity index (χ1v) is 9.53. The van der Waals surface area contributed by atoms with Crippen LogP contribution in [0, 0.1) is 0 Å². The molecule has 1 heterocycles. The van der Waals surface area contributed by atoms with E-state index in [0.29, 0.717) is 46.8 Å². The fourth-order valence-corrected chi connectivity index (χ4v) is 3.36. The number of rotatable bonds is 7. The van der Waals surface area contributed by atoms with Gasteiger partial charge in [-0.25, -0.2) is 4.79 Å². The first-order chi connectivity index (χ1) is 13.5. The van der Waals surface area contributed by atoms with Gasteiger partial charge >= 0.3 is 5.69 Å². The summed E-state index contributed by atoms with van der Waals surface area (Å²) in [7, 11) is 0. The summed E-state index contributed by atoms with van der Waals surface area (Å²) >= 11 is 6.18. The zero-order chi connectivity index (χ0) is 20.3. The molecule has 0 bridgehead atoms. The Kier molecular flexibility index (Phi) is 5.99. The summed E-state index contributed by atoms with van der Waals surface area (Å²) in [5, 5.41) is 0.744. The third-order valence-electron chi connectivity index (χ3n) is 4.43. The molecule has 0 atom stereocenters.